The number of nitrogens with one attached hydrogen (secondary N) is 13. The van der Waals surface area contributed by atoms with Gasteiger partial charge in [-0.3, -0.25) is 4.79 Å². The Labute approximate surface area is 574 Å². The monoisotopic (exact) mass is 1370 g/mol. The zero-order valence-electron chi connectivity index (χ0n) is 57.3. The highest BCUT2D eigenvalue weighted by molar-refractivity contribution is 6.04. The molecule has 8 rings (SSSR count). The zero-order chi connectivity index (χ0) is 71.4. The third-order valence-corrected chi connectivity index (χ3v) is 16.6. The first-order valence-corrected chi connectivity index (χ1v) is 33.3. The highest BCUT2D eigenvalue weighted by Crippen LogP contribution is 2.34. The van der Waals surface area contributed by atoms with Gasteiger partial charge < -0.3 is 92.8 Å². The van der Waals surface area contributed by atoms with Crippen LogP contribution in [-0.4, -0.2) is 127 Å². The van der Waals surface area contributed by atoms with Gasteiger partial charge in [0.05, 0.1) is 98.1 Å². The molecule has 0 saturated heterocycles. The molecule has 3 aliphatic heterocycles. The van der Waals surface area contributed by atoms with Crippen molar-refractivity contribution in [2.45, 2.75) is 127 Å². The van der Waals surface area contributed by atoms with E-state index in [1.165, 1.54) is 54.6 Å². The summed E-state index contributed by atoms with van der Waals surface area (Å²) in [7, 11) is 0. The van der Waals surface area contributed by atoms with Crippen LogP contribution in [0.5, 0.6) is 0 Å². The molecule has 0 spiro atoms. The molecule has 5 aromatic carbocycles. The van der Waals surface area contributed by atoms with Crippen molar-refractivity contribution in [1.82, 2.24) is 37.2 Å². The number of hydrogen-bond donors (Lipinski definition) is 13. The highest BCUT2D eigenvalue weighted by atomic mass is 16.5. The number of nitrogens with zero attached hydrogens (tertiary/aromatic N) is 3. The number of amides is 13. The molecule has 0 unspecified atom stereocenters. The van der Waals surface area contributed by atoms with Crippen LogP contribution in [-0.2, 0) is 94.9 Å². The minimum atomic E-state index is -0.732. The second-order valence-electron chi connectivity index (χ2n) is 22.6. The Bertz CT molecular complexity index is 3840. The summed E-state index contributed by atoms with van der Waals surface area (Å²) in [6, 6.07) is 8.97. The Morgan fingerprint density at radius 3 is 1.16 bits per heavy atom. The van der Waals surface area contributed by atoms with E-state index < -0.39 is 54.0 Å². The van der Waals surface area contributed by atoms with Crippen LogP contribution >= 0.6 is 0 Å². The van der Waals surface area contributed by atoms with E-state index in [-0.39, 0.29) is 149 Å². The molecule has 13 amide bonds. The SMILES string of the molecule is CCOC(=O)c1ccc2c(c1)NC(=O)NCc1c(C)c3c(CC)c(c1CC)CNC(=O)Nc1cc(C(=O)OCC)ccc1NC(=O)NCCc1c(CC)c(c(CC)c(c1CC)CNC(=O)N2)CNC(=O)Nc1ccc(C(=O)NCCOCCOCCOCCN=[N+]=[N-])cc1NC(=O)NC3. The average Bonchev–Trinajstić information content (AvgIpc) is 0.781. The maximum atomic E-state index is 14.6. The van der Waals surface area contributed by atoms with Crippen molar-refractivity contribution >= 4 is 88.2 Å². The number of hydrogen-bond acceptors (Lipinski definition) is 15. The van der Waals surface area contributed by atoms with E-state index in [0.29, 0.717) is 67.6 Å². The summed E-state index contributed by atoms with van der Waals surface area (Å²) in [5.74, 6) is -1.84. The minimum absolute atomic E-state index is 0.0312. The normalized spacial score (nSPS) is 13.9. The second-order valence-corrected chi connectivity index (χ2v) is 22.6. The topological polar surface area (TPSA) is 405 Å². The predicted molar refractivity (Wildman–Crippen MR) is 375 cm³/mol. The summed E-state index contributed by atoms with van der Waals surface area (Å²) >= 11 is 0. The van der Waals surface area contributed by atoms with Crippen molar-refractivity contribution in [3.8, 4) is 0 Å². The molecule has 5 aromatic rings. The lowest BCUT2D eigenvalue weighted by Gasteiger charge is -2.27. The molecule has 3 aliphatic rings. The largest absolute Gasteiger partial charge is 0.462 e. The fraction of sp³-hybridized carbons (Fsp3) is 0.435. The molecule has 0 saturated carbocycles. The van der Waals surface area contributed by atoms with Crippen molar-refractivity contribution in [2.75, 3.05) is 104 Å². The number of carbonyl (C=O) groups excluding carboxylic acids is 9. The molecular formula is C69H90N16O14. The highest BCUT2D eigenvalue weighted by Gasteiger charge is 2.27. The maximum absolute atomic E-state index is 14.6. The van der Waals surface area contributed by atoms with Crippen molar-refractivity contribution in [3.63, 3.8) is 0 Å². The third kappa shape index (κ3) is 20.9. The lowest BCUT2D eigenvalue weighted by molar-refractivity contribution is 0.0166. The molecule has 13 N–H and O–H groups in total. The Morgan fingerprint density at radius 2 is 0.768 bits per heavy atom. The Hall–Kier alpha value is -10.7. The molecule has 0 aliphatic carbocycles. The first-order valence-electron chi connectivity index (χ1n) is 33.3. The second kappa shape index (κ2) is 38.3. The number of rotatable bonds is 22. The smallest absolute Gasteiger partial charge is 0.338 e. The van der Waals surface area contributed by atoms with Crippen LogP contribution in [0, 0.1) is 6.92 Å². The summed E-state index contributed by atoms with van der Waals surface area (Å²) in [6.45, 7) is 16.6. The van der Waals surface area contributed by atoms with Gasteiger partial charge in [0, 0.05) is 62.8 Å². The fourth-order valence-corrected chi connectivity index (χ4v) is 12.1. The zero-order valence-corrected chi connectivity index (χ0v) is 57.3. The van der Waals surface area contributed by atoms with Crippen LogP contribution in [0.1, 0.15) is 146 Å². The van der Waals surface area contributed by atoms with E-state index in [4.69, 9.17) is 29.2 Å². The molecule has 30 nitrogen and oxygen atoms in total. The maximum Gasteiger partial charge on any atom is 0.338 e. The molecular weight excluding hydrogens is 1280 g/mol. The number of benzene rings is 5. The number of esters is 2. The van der Waals surface area contributed by atoms with E-state index in [9.17, 15) is 43.2 Å². The van der Waals surface area contributed by atoms with Crippen molar-refractivity contribution in [1.29, 1.82) is 0 Å². The van der Waals surface area contributed by atoms with Gasteiger partial charge in [0.15, 0.2) is 0 Å². The molecule has 3 heterocycles. The van der Waals surface area contributed by atoms with Crippen molar-refractivity contribution in [2.24, 2.45) is 5.11 Å². The Kier molecular flexibility index (Phi) is 29.3. The molecule has 30 heteroatoms. The standard InChI is InChI=1S/C69H90N16O14/c1-9-44-49-22-23-72-64(89)79-56-20-17-42(62(87)98-14-6)33-59(56)84-69(94)77-39-54-46(11-3)50-35-73-67(92)82-58-32-41(61(86)71-24-26-95-28-30-97-31-29-96-27-25-78-85-70)16-19-55(58)80-65(90)75-37-52(44)48(13-5)53(45(49)10-2)38-76-66(91)81-57-21-18-43(63(88)99-15-7)34-60(57)83-68(93)74-36-51(40(50)8)47(54)12-4/h16-21,32-34H,9-15,22-31,35-39H2,1-8H3,(H,71,86)(H2,72,79,89)(H2,73,82,92)(H2,74,83,93)(H2,75,80,90)(H2,76,81,91)(H2,77,84,94). The van der Waals surface area contributed by atoms with Gasteiger partial charge in [-0.1, -0.05) is 39.7 Å². The van der Waals surface area contributed by atoms with E-state index in [1.807, 2.05) is 41.5 Å². The molecule has 0 atom stereocenters. The lowest BCUT2D eigenvalue weighted by atomic mass is 9.82. The van der Waals surface area contributed by atoms with Gasteiger partial charge in [-0.25, -0.2) is 38.4 Å². The molecule has 0 aromatic heterocycles. The third-order valence-electron chi connectivity index (χ3n) is 16.6. The van der Waals surface area contributed by atoms with Gasteiger partial charge >= 0.3 is 48.1 Å². The summed E-state index contributed by atoms with van der Waals surface area (Å²) in [5.41, 5.74) is 18.4. The first-order chi connectivity index (χ1) is 47.9. The van der Waals surface area contributed by atoms with Gasteiger partial charge in [0.2, 0.25) is 0 Å². The van der Waals surface area contributed by atoms with Crippen LogP contribution < -0.4 is 69.1 Å². The van der Waals surface area contributed by atoms with Gasteiger partial charge in [-0.2, -0.15) is 0 Å². The summed E-state index contributed by atoms with van der Waals surface area (Å²) in [6.07, 6.45) is 2.42. The van der Waals surface area contributed by atoms with Crippen LogP contribution in [0.3, 0.4) is 0 Å². The Morgan fingerprint density at radius 1 is 0.434 bits per heavy atom. The van der Waals surface area contributed by atoms with E-state index in [0.717, 1.165) is 44.5 Å². The van der Waals surface area contributed by atoms with Crippen LogP contribution in [0.2, 0.25) is 0 Å². The Balaban J connectivity index is 1.35. The van der Waals surface area contributed by atoms with Gasteiger partial charge in [0.25, 0.3) is 5.91 Å². The fourth-order valence-electron chi connectivity index (χ4n) is 12.1. The first kappa shape index (κ1) is 75.7. The lowest BCUT2D eigenvalue weighted by Crippen LogP contribution is -2.34. The van der Waals surface area contributed by atoms with E-state index in [2.05, 4.69) is 79.1 Å². The van der Waals surface area contributed by atoms with Crippen molar-refractivity contribution in [3.05, 3.63) is 148 Å². The summed E-state index contributed by atoms with van der Waals surface area (Å²) < 4.78 is 27.1. The van der Waals surface area contributed by atoms with Gasteiger partial charge in [-0.05, 0) is 186 Å². The van der Waals surface area contributed by atoms with Crippen LogP contribution in [0.25, 0.3) is 10.4 Å². The molecule has 0 radical (unpaired) electrons. The van der Waals surface area contributed by atoms with Gasteiger partial charge in [0.1, 0.15) is 0 Å². The number of azide groups is 1. The quantitative estimate of drug-likeness (QED) is 0.0101. The molecule has 99 heavy (non-hydrogen) atoms. The molecule has 0 fully saturated rings. The van der Waals surface area contributed by atoms with Crippen molar-refractivity contribution < 1.29 is 66.8 Å². The molecule has 530 valence electrons. The molecule has 6 bridgehead atoms. The number of urea groups is 6. The number of fused-ring (bicyclic) bond motifs is 19. The van der Waals surface area contributed by atoms with Crippen LogP contribution in [0.15, 0.2) is 59.7 Å². The number of anilines is 6. The number of carbonyl (C=O) groups is 9. The minimum Gasteiger partial charge on any atom is -0.462 e. The summed E-state index contributed by atoms with van der Waals surface area (Å²) in [4.78, 5) is 129. The van der Waals surface area contributed by atoms with Gasteiger partial charge in [-0.15, -0.1) is 0 Å². The number of ether oxygens (including phenoxy) is 5. The van der Waals surface area contributed by atoms with E-state index in [1.54, 1.807) is 13.8 Å². The van der Waals surface area contributed by atoms with E-state index >= 15 is 0 Å². The predicted octanol–water partition coefficient (Wildman–Crippen LogP) is 9.85. The summed E-state index contributed by atoms with van der Waals surface area (Å²) in [5, 5.41) is 41.3. The average molecular weight is 1370 g/mol. The van der Waals surface area contributed by atoms with Crippen LogP contribution in [0.4, 0.5) is 62.9 Å².